The molecule has 1 aromatic carbocycles. The summed E-state index contributed by atoms with van der Waals surface area (Å²) in [5, 5.41) is 13.9. The fraction of sp³-hybridized carbons (Fsp3) is 0.500. The van der Waals surface area contributed by atoms with Crippen molar-refractivity contribution in [2.24, 2.45) is 0 Å². The summed E-state index contributed by atoms with van der Waals surface area (Å²) in [6, 6.07) is 4.92. The van der Waals surface area contributed by atoms with Gasteiger partial charge in [0.2, 0.25) is 0 Å². The van der Waals surface area contributed by atoms with Crippen molar-refractivity contribution < 1.29 is 9.66 Å². The SMILES string of the molecule is COC(C)(C)CNCc1cc(Br)cc([N+](=O)[O-])c1. The Bertz CT molecular complexity index is 435. The van der Waals surface area contributed by atoms with E-state index in [0.717, 1.165) is 5.56 Å². The molecule has 6 heteroatoms. The minimum absolute atomic E-state index is 0.0900. The molecule has 0 aliphatic carbocycles. The number of nitro groups is 1. The summed E-state index contributed by atoms with van der Waals surface area (Å²) in [5.74, 6) is 0. The highest BCUT2D eigenvalue weighted by molar-refractivity contribution is 9.10. The minimum atomic E-state index is -0.395. The van der Waals surface area contributed by atoms with Gasteiger partial charge in [0, 0.05) is 36.8 Å². The molecule has 1 aromatic rings. The normalized spacial score (nSPS) is 11.6. The molecule has 0 spiro atoms. The molecule has 0 radical (unpaired) electrons. The van der Waals surface area contributed by atoms with Gasteiger partial charge in [-0.3, -0.25) is 10.1 Å². The van der Waals surface area contributed by atoms with Crippen LogP contribution in [0.15, 0.2) is 22.7 Å². The van der Waals surface area contributed by atoms with Gasteiger partial charge < -0.3 is 10.1 Å². The number of hydrogen-bond donors (Lipinski definition) is 1. The molecule has 1 N–H and O–H groups in total. The van der Waals surface area contributed by atoms with Crippen LogP contribution < -0.4 is 5.32 Å². The van der Waals surface area contributed by atoms with Crippen molar-refractivity contribution in [1.29, 1.82) is 0 Å². The van der Waals surface area contributed by atoms with Crippen LogP contribution >= 0.6 is 15.9 Å². The van der Waals surface area contributed by atoms with Gasteiger partial charge in [-0.15, -0.1) is 0 Å². The number of non-ortho nitro benzene ring substituents is 1. The lowest BCUT2D eigenvalue weighted by atomic mass is 10.1. The molecule has 100 valence electrons. The molecule has 0 saturated carbocycles. The maximum Gasteiger partial charge on any atom is 0.270 e. The molecule has 0 saturated heterocycles. The molecule has 18 heavy (non-hydrogen) atoms. The average Bonchev–Trinajstić information content (AvgIpc) is 2.28. The fourth-order valence-corrected chi connectivity index (χ4v) is 1.95. The highest BCUT2D eigenvalue weighted by Crippen LogP contribution is 2.21. The first-order valence-corrected chi connectivity index (χ1v) is 6.33. The number of nitrogens with one attached hydrogen (secondary N) is 1. The average molecular weight is 317 g/mol. The Morgan fingerprint density at radius 2 is 2.11 bits per heavy atom. The number of methoxy groups -OCH3 is 1. The molecule has 1 rings (SSSR count). The molecule has 0 aliphatic rings. The minimum Gasteiger partial charge on any atom is -0.377 e. The highest BCUT2D eigenvalue weighted by atomic mass is 79.9. The van der Waals surface area contributed by atoms with Crippen LogP contribution in [0.5, 0.6) is 0 Å². The van der Waals surface area contributed by atoms with Gasteiger partial charge in [-0.25, -0.2) is 0 Å². The maximum absolute atomic E-state index is 10.7. The predicted octanol–water partition coefficient (Wildman–Crippen LogP) is 2.87. The van der Waals surface area contributed by atoms with E-state index in [1.807, 2.05) is 19.9 Å². The molecule has 0 amide bonds. The van der Waals surface area contributed by atoms with Gasteiger partial charge in [-0.2, -0.15) is 0 Å². The van der Waals surface area contributed by atoms with E-state index in [-0.39, 0.29) is 11.3 Å². The third kappa shape index (κ3) is 4.72. The van der Waals surface area contributed by atoms with Crippen LogP contribution in [0.25, 0.3) is 0 Å². The van der Waals surface area contributed by atoms with E-state index in [9.17, 15) is 10.1 Å². The zero-order chi connectivity index (χ0) is 13.8. The van der Waals surface area contributed by atoms with Crippen molar-refractivity contribution >= 4 is 21.6 Å². The van der Waals surface area contributed by atoms with Crippen molar-refractivity contribution in [2.75, 3.05) is 13.7 Å². The number of halogens is 1. The first-order chi connectivity index (χ1) is 8.34. The van der Waals surface area contributed by atoms with Crippen molar-refractivity contribution in [2.45, 2.75) is 26.0 Å². The zero-order valence-corrected chi connectivity index (χ0v) is 12.3. The van der Waals surface area contributed by atoms with Gasteiger partial charge in [0.05, 0.1) is 10.5 Å². The number of hydrogen-bond acceptors (Lipinski definition) is 4. The first-order valence-electron chi connectivity index (χ1n) is 5.54. The molecular weight excluding hydrogens is 300 g/mol. The Morgan fingerprint density at radius 3 is 2.67 bits per heavy atom. The molecule has 0 aliphatic heterocycles. The molecule has 0 bridgehead atoms. The number of nitrogens with zero attached hydrogens (tertiary/aromatic N) is 1. The largest absolute Gasteiger partial charge is 0.377 e. The number of rotatable bonds is 6. The van der Waals surface area contributed by atoms with Gasteiger partial charge in [0.1, 0.15) is 0 Å². The summed E-state index contributed by atoms with van der Waals surface area (Å²) in [5.41, 5.74) is 0.702. The number of nitro benzene ring substituents is 1. The number of benzene rings is 1. The van der Waals surface area contributed by atoms with E-state index in [1.54, 1.807) is 13.2 Å². The predicted molar refractivity (Wildman–Crippen MR) is 73.6 cm³/mol. The Kier molecular flexibility index (Phi) is 5.25. The van der Waals surface area contributed by atoms with Crippen molar-refractivity contribution in [3.05, 3.63) is 38.3 Å². The van der Waals surface area contributed by atoms with E-state index in [4.69, 9.17) is 4.74 Å². The Balaban J connectivity index is 2.65. The van der Waals surface area contributed by atoms with E-state index in [0.29, 0.717) is 17.6 Å². The van der Waals surface area contributed by atoms with E-state index in [1.165, 1.54) is 6.07 Å². The second-order valence-corrected chi connectivity index (χ2v) is 5.56. The van der Waals surface area contributed by atoms with Crippen molar-refractivity contribution in [3.8, 4) is 0 Å². The Hall–Kier alpha value is -0.980. The first kappa shape index (κ1) is 15.1. The van der Waals surface area contributed by atoms with Crippen LogP contribution in [0, 0.1) is 10.1 Å². The lowest BCUT2D eigenvalue weighted by Gasteiger charge is -2.23. The topological polar surface area (TPSA) is 64.4 Å². The van der Waals surface area contributed by atoms with Crippen LogP contribution in [0.3, 0.4) is 0 Å². The van der Waals surface area contributed by atoms with Gasteiger partial charge in [0.25, 0.3) is 5.69 Å². The summed E-state index contributed by atoms with van der Waals surface area (Å²) in [6.07, 6.45) is 0. The third-order valence-electron chi connectivity index (χ3n) is 2.59. The highest BCUT2D eigenvalue weighted by Gasteiger charge is 2.15. The summed E-state index contributed by atoms with van der Waals surface area (Å²) in [4.78, 5) is 10.3. The molecule has 0 fully saturated rings. The molecule has 0 atom stereocenters. The molecule has 5 nitrogen and oxygen atoms in total. The lowest BCUT2D eigenvalue weighted by Crippen LogP contribution is -2.36. The quantitative estimate of drug-likeness (QED) is 0.647. The summed E-state index contributed by atoms with van der Waals surface area (Å²) >= 11 is 3.27. The monoisotopic (exact) mass is 316 g/mol. The van der Waals surface area contributed by atoms with Crippen LogP contribution in [-0.2, 0) is 11.3 Å². The second-order valence-electron chi connectivity index (χ2n) is 4.64. The zero-order valence-electron chi connectivity index (χ0n) is 10.7. The van der Waals surface area contributed by atoms with Gasteiger partial charge in [0.15, 0.2) is 0 Å². The lowest BCUT2D eigenvalue weighted by molar-refractivity contribution is -0.385. The smallest absolute Gasteiger partial charge is 0.270 e. The third-order valence-corrected chi connectivity index (χ3v) is 3.04. The Morgan fingerprint density at radius 1 is 1.44 bits per heavy atom. The summed E-state index contributed by atoms with van der Waals surface area (Å²) in [6.45, 7) is 5.18. The van der Waals surface area contributed by atoms with Crippen molar-refractivity contribution in [1.82, 2.24) is 5.32 Å². The molecule has 0 aromatic heterocycles. The van der Waals surface area contributed by atoms with Crippen LogP contribution in [-0.4, -0.2) is 24.2 Å². The number of ether oxygens (including phenoxy) is 1. The van der Waals surface area contributed by atoms with Crippen LogP contribution in [0.4, 0.5) is 5.69 Å². The van der Waals surface area contributed by atoms with E-state index in [2.05, 4.69) is 21.2 Å². The van der Waals surface area contributed by atoms with Gasteiger partial charge >= 0.3 is 0 Å². The van der Waals surface area contributed by atoms with Gasteiger partial charge in [-0.05, 0) is 25.5 Å². The van der Waals surface area contributed by atoms with Crippen molar-refractivity contribution in [3.63, 3.8) is 0 Å². The van der Waals surface area contributed by atoms with Gasteiger partial charge in [-0.1, -0.05) is 15.9 Å². The Labute approximate surface area is 115 Å². The second kappa shape index (κ2) is 6.26. The molecule has 0 heterocycles. The maximum atomic E-state index is 10.7. The fourth-order valence-electron chi connectivity index (χ4n) is 1.42. The summed E-state index contributed by atoms with van der Waals surface area (Å²) < 4.78 is 5.99. The molecular formula is C12H17BrN2O3. The van der Waals surface area contributed by atoms with E-state index >= 15 is 0 Å². The van der Waals surface area contributed by atoms with Crippen LogP contribution in [0.2, 0.25) is 0 Å². The van der Waals surface area contributed by atoms with E-state index < -0.39 is 4.92 Å². The molecule has 0 unspecified atom stereocenters. The standard InChI is InChI=1S/C12H17BrN2O3/c1-12(2,18-3)8-14-7-9-4-10(13)6-11(5-9)15(16)17/h4-6,14H,7-8H2,1-3H3. The summed E-state index contributed by atoms with van der Waals surface area (Å²) in [7, 11) is 1.66. The van der Waals surface area contributed by atoms with Crippen LogP contribution in [0.1, 0.15) is 19.4 Å².